The largest absolute Gasteiger partial charge is 0.496 e. The maximum atomic E-state index is 13.4. The van der Waals surface area contributed by atoms with Crippen LogP contribution in [0.15, 0.2) is 48.5 Å². The summed E-state index contributed by atoms with van der Waals surface area (Å²) in [6, 6.07) is 13.3. The summed E-state index contributed by atoms with van der Waals surface area (Å²) in [4.78, 5) is 29.4. The number of methoxy groups -OCH3 is 1. The molecule has 29 heavy (non-hydrogen) atoms. The van der Waals surface area contributed by atoms with Gasteiger partial charge in [-0.3, -0.25) is 9.59 Å². The number of rotatable bonds is 6. The molecular weight excluding hydrogens is 371 g/mol. The predicted octanol–water partition coefficient (Wildman–Crippen LogP) is 3.79. The van der Waals surface area contributed by atoms with Gasteiger partial charge in [0, 0.05) is 32.1 Å². The van der Waals surface area contributed by atoms with Gasteiger partial charge < -0.3 is 14.5 Å². The van der Waals surface area contributed by atoms with Crippen molar-refractivity contribution in [1.82, 2.24) is 9.80 Å². The number of piperidine rings is 1. The summed E-state index contributed by atoms with van der Waals surface area (Å²) in [5.74, 6) is 0.0206. The van der Waals surface area contributed by atoms with Gasteiger partial charge in [-0.15, -0.1) is 0 Å². The molecular formula is C23H27FN2O3. The van der Waals surface area contributed by atoms with Gasteiger partial charge in [-0.2, -0.15) is 0 Å². The van der Waals surface area contributed by atoms with Crippen molar-refractivity contribution in [3.63, 3.8) is 0 Å². The third-order valence-corrected chi connectivity index (χ3v) is 5.53. The molecule has 0 aromatic heterocycles. The summed E-state index contributed by atoms with van der Waals surface area (Å²) < 4.78 is 18.7. The minimum Gasteiger partial charge on any atom is -0.496 e. The third kappa shape index (κ3) is 4.42. The van der Waals surface area contributed by atoms with Gasteiger partial charge in [0.05, 0.1) is 19.1 Å². The van der Waals surface area contributed by atoms with Gasteiger partial charge >= 0.3 is 0 Å². The van der Waals surface area contributed by atoms with Crippen LogP contribution in [0.2, 0.25) is 0 Å². The highest BCUT2D eigenvalue weighted by Crippen LogP contribution is 2.41. The predicted molar refractivity (Wildman–Crippen MR) is 109 cm³/mol. The van der Waals surface area contributed by atoms with Crippen LogP contribution in [0.3, 0.4) is 0 Å². The Balaban J connectivity index is 1.90. The second-order valence-electron chi connectivity index (χ2n) is 7.33. The SMILES string of the molecule is CCN1C(=O)CC[C@@H](C(=O)N(C)Cc2ccc(F)cc2)[C@@H]1c1ccccc1OC. The van der Waals surface area contributed by atoms with Crippen LogP contribution in [0.5, 0.6) is 5.75 Å². The van der Waals surface area contributed by atoms with E-state index in [1.807, 2.05) is 31.2 Å². The van der Waals surface area contributed by atoms with Crippen LogP contribution in [0.25, 0.3) is 0 Å². The zero-order valence-electron chi connectivity index (χ0n) is 17.1. The number of carbonyl (C=O) groups excluding carboxylic acids is 2. The molecule has 0 aliphatic carbocycles. The first-order valence-corrected chi connectivity index (χ1v) is 9.88. The van der Waals surface area contributed by atoms with Gasteiger partial charge in [0.2, 0.25) is 11.8 Å². The summed E-state index contributed by atoms with van der Waals surface area (Å²) in [5, 5.41) is 0. The summed E-state index contributed by atoms with van der Waals surface area (Å²) in [5.41, 5.74) is 1.70. The molecule has 2 amide bonds. The average molecular weight is 398 g/mol. The van der Waals surface area contributed by atoms with E-state index in [9.17, 15) is 14.0 Å². The molecule has 1 saturated heterocycles. The number of ether oxygens (including phenoxy) is 1. The minimum absolute atomic E-state index is 0.0313. The molecule has 0 N–H and O–H groups in total. The Hall–Kier alpha value is -2.89. The number of hydrogen-bond donors (Lipinski definition) is 0. The van der Waals surface area contributed by atoms with Gasteiger partial charge in [0.15, 0.2) is 0 Å². The second kappa shape index (κ2) is 9.07. The Morgan fingerprint density at radius 2 is 1.90 bits per heavy atom. The molecule has 6 heteroatoms. The van der Waals surface area contributed by atoms with Crippen molar-refractivity contribution in [2.45, 2.75) is 32.4 Å². The molecule has 154 valence electrons. The first-order valence-electron chi connectivity index (χ1n) is 9.88. The van der Waals surface area contributed by atoms with E-state index in [0.717, 1.165) is 11.1 Å². The van der Waals surface area contributed by atoms with Crippen LogP contribution < -0.4 is 4.74 Å². The molecule has 0 radical (unpaired) electrons. The van der Waals surface area contributed by atoms with Crippen molar-refractivity contribution < 1.29 is 18.7 Å². The van der Waals surface area contributed by atoms with Gasteiger partial charge in [-0.25, -0.2) is 4.39 Å². The van der Waals surface area contributed by atoms with E-state index in [0.29, 0.717) is 31.7 Å². The zero-order valence-corrected chi connectivity index (χ0v) is 17.1. The van der Waals surface area contributed by atoms with Crippen LogP contribution in [0.1, 0.15) is 36.9 Å². The van der Waals surface area contributed by atoms with E-state index in [1.54, 1.807) is 36.1 Å². The molecule has 2 atom stereocenters. The molecule has 1 aliphatic rings. The first kappa shape index (κ1) is 20.8. The first-order chi connectivity index (χ1) is 14.0. The zero-order chi connectivity index (χ0) is 21.0. The standard InChI is InChI=1S/C23H27FN2O3/c1-4-26-21(27)14-13-19(22(26)18-7-5-6-8-20(18)29-3)23(28)25(2)15-16-9-11-17(24)12-10-16/h5-12,19,22H,4,13-15H2,1-3H3/t19-,22+/m1/s1. The quantitative estimate of drug-likeness (QED) is 0.744. The fraction of sp³-hybridized carbons (Fsp3) is 0.391. The van der Waals surface area contributed by atoms with Crippen molar-refractivity contribution in [3.05, 3.63) is 65.5 Å². The number of hydrogen-bond acceptors (Lipinski definition) is 3. The van der Waals surface area contributed by atoms with Gasteiger partial charge in [0.25, 0.3) is 0 Å². The van der Waals surface area contributed by atoms with Crippen molar-refractivity contribution in [3.8, 4) is 5.75 Å². The fourth-order valence-electron chi connectivity index (χ4n) is 4.10. The molecule has 3 rings (SSSR count). The van der Waals surface area contributed by atoms with E-state index in [4.69, 9.17) is 4.74 Å². The van der Waals surface area contributed by atoms with Crippen LogP contribution in [-0.2, 0) is 16.1 Å². The van der Waals surface area contributed by atoms with Crippen molar-refractivity contribution >= 4 is 11.8 Å². The Morgan fingerprint density at radius 3 is 2.55 bits per heavy atom. The van der Waals surface area contributed by atoms with Crippen molar-refractivity contribution in [1.29, 1.82) is 0 Å². The lowest BCUT2D eigenvalue weighted by molar-refractivity contribution is -0.147. The molecule has 2 aromatic carbocycles. The monoisotopic (exact) mass is 398 g/mol. The fourth-order valence-corrected chi connectivity index (χ4v) is 4.10. The number of halogens is 1. The Labute approximate surface area is 171 Å². The van der Waals surface area contributed by atoms with Crippen LogP contribution in [0.4, 0.5) is 4.39 Å². The summed E-state index contributed by atoms with van der Waals surface area (Å²) in [7, 11) is 3.34. The average Bonchev–Trinajstić information content (AvgIpc) is 2.74. The maximum Gasteiger partial charge on any atom is 0.228 e. The Bertz CT molecular complexity index is 869. The molecule has 0 saturated carbocycles. The molecule has 1 aliphatic heterocycles. The summed E-state index contributed by atoms with van der Waals surface area (Å²) in [6.45, 7) is 2.83. The lowest BCUT2D eigenvalue weighted by Gasteiger charge is -2.42. The number of likely N-dealkylation sites (tertiary alicyclic amines) is 1. The number of benzene rings is 2. The van der Waals surface area contributed by atoms with Crippen molar-refractivity contribution in [2.24, 2.45) is 5.92 Å². The molecule has 1 fully saturated rings. The number of amides is 2. The summed E-state index contributed by atoms with van der Waals surface area (Å²) in [6.07, 6.45) is 0.838. The number of para-hydroxylation sites is 1. The molecule has 0 bridgehead atoms. The van der Waals surface area contributed by atoms with Crippen LogP contribution in [-0.4, -0.2) is 42.3 Å². The van der Waals surface area contributed by atoms with E-state index < -0.39 is 0 Å². The minimum atomic E-state index is -0.374. The highest BCUT2D eigenvalue weighted by atomic mass is 19.1. The number of nitrogens with zero attached hydrogens (tertiary/aromatic N) is 2. The number of carbonyl (C=O) groups is 2. The highest BCUT2D eigenvalue weighted by Gasteiger charge is 2.42. The van der Waals surface area contributed by atoms with Crippen molar-refractivity contribution in [2.75, 3.05) is 20.7 Å². The smallest absolute Gasteiger partial charge is 0.228 e. The normalized spacial score (nSPS) is 19.2. The second-order valence-corrected chi connectivity index (χ2v) is 7.33. The molecule has 0 spiro atoms. The maximum absolute atomic E-state index is 13.4. The highest BCUT2D eigenvalue weighted by molar-refractivity contribution is 5.85. The van der Waals surface area contributed by atoms with Gasteiger partial charge in [-0.05, 0) is 37.1 Å². The third-order valence-electron chi connectivity index (χ3n) is 5.53. The molecule has 1 heterocycles. The Morgan fingerprint density at radius 1 is 1.21 bits per heavy atom. The molecule has 2 aromatic rings. The topological polar surface area (TPSA) is 49.9 Å². The summed E-state index contributed by atoms with van der Waals surface area (Å²) >= 11 is 0. The van der Waals surface area contributed by atoms with E-state index >= 15 is 0 Å². The Kier molecular flexibility index (Phi) is 6.52. The van der Waals surface area contributed by atoms with E-state index in [1.165, 1.54) is 12.1 Å². The van der Waals surface area contributed by atoms with Gasteiger partial charge in [0.1, 0.15) is 11.6 Å². The van der Waals surface area contributed by atoms with Gasteiger partial charge in [-0.1, -0.05) is 30.3 Å². The van der Waals surface area contributed by atoms with E-state index in [-0.39, 0.29) is 29.6 Å². The van der Waals surface area contributed by atoms with Crippen LogP contribution in [0, 0.1) is 11.7 Å². The van der Waals surface area contributed by atoms with E-state index in [2.05, 4.69) is 0 Å². The molecule has 0 unspecified atom stereocenters. The lowest BCUT2D eigenvalue weighted by Crippen LogP contribution is -2.48. The molecule has 5 nitrogen and oxygen atoms in total. The van der Waals surface area contributed by atoms with Crippen LogP contribution >= 0.6 is 0 Å². The lowest BCUT2D eigenvalue weighted by atomic mass is 9.82.